The number of nitrogens with zero attached hydrogens (tertiary/aromatic N) is 7. The molecule has 1 aromatic carbocycles. The molecule has 0 amide bonds. The minimum Gasteiger partial charge on any atom is -0.309 e. The van der Waals surface area contributed by atoms with E-state index in [1.165, 1.54) is 6.07 Å². The van der Waals surface area contributed by atoms with E-state index in [1.807, 2.05) is 49.9 Å². The largest absolute Gasteiger partial charge is 0.309 e. The lowest BCUT2D eigenvalue weighted by molar-refractivity contribution is 0.400. The highest BCUT2D eigenvalue weighted by Gasteiger charge is 2.09. The van der Waals surface area contributed by atoms with Crippen LogP contribution in [0, 0.1) is 0 Å². The number of rotatable bonds is 8. The highest BCUT2D eigenvalue weighted by atomic mass is 16.1. The Kier molecular flexibility index (Phi) is 6.51. The van der Waals surface area contributed by atoms with Crippen LogP contribution >= 0.6 is 0 Å². The van der Waals surface area contributed by atoms with Gasteiger partial charge in [-0.1, -0.05) is 18.2 Å². The fraction of sp³-hybridized carbons (Fsp3) is 0.292. The van der Waals surface area contributed by atoms with E-state index in [-0.39, 0.29) is 5.43 Å². The first-order valence-corrected chi connectivity index (χ1v) is 10.6. The molecule has 0 saturated heterocycles. The molecule has 3 aromatic heterocycles. The van der Waals surface area contributed by atoms with Crippen molar-refractivity contribution in [3.8, 4) is 17.1 Å². The minimum absolute atomic E-state index is 0.0890. The SMILES string of the molecule is CN(C)CCCc1cnc(-c2cccc(Cc3nn(-c4cnn(C)c4)ccc3=O)c2)nc1. The van der Waals surface area contributed by atoms with Gasteiger partial charge in [0.15, 0.2) is 5.82 Å². The van der Waals surface area contributed by atoms with Crippen LogP contribution in [-0.4, -0.2) is 55.1 Å². The van der Waals surface area contributed by atoms with Crippen LogP contribution in [0.5, 0.6) is 0 Å². The minimum atomic E-state index is -0.0890. The molecule has 4 aromatic rings. The molecular formula is C24H27N7O. The summed E-state index contributed by atoms with van der Waals surface area (Å²) >= 11 is 0. The van der Waals surface area contributed by atoms with E-state index in [1.54, 1.807) is 21.8 Å². The molecule has 4 rings (SSSR count). The van der Waals surface area contributed by atoms with Gasteiger partial charge < -0.3 is 4.90 Å². The molecule has 0 fully saturated rings. The molecule has 3 heterocycles. The molecule has 8 nitrogen and oxygen atoms in total. The van der Waals surface area contributed by atoms with E-state index in [0.717, 1.165) is 41.8 Å². The fourth-order valence-electron chi connectivity index (χ4n) is 3.49. The van der Waals surface area contributed by atoms with Crippen molar-refractivity contribution in [2.75, 3.05) is 20.6 Å². The van der Waals surface area contributed by atoms with Crippen molar-refractivity contribution in [2.45, 2.75) is 19.3 Å². The van der Waals surface area contributed by atoms with Crippen LogP contribution in [-0.2, 0) is 19.9 Å². The maximum Gasteiger partial charge on any atom is 0.203 e. The zero-order valence-corrected chi connectivity index (χ0v) is 18.6. The highest BCUT2D eigenvalue weighted by Crippen LogP contribution is 2.18. The molecule has 0 N–H and O–H groups in total. The third-order valence-corrected chi connectivity index (χ3v) is 5.17. The van der Waals surface area contributed by atoms with Crippen molar-refractivity contribution in [1.82, 2.24) is 34.4 Å². The van der Waals surface area contributed by atoms with Crippen molar-refractivity contribution < 1.29 is 0 Å². The van der Waals surface area contributed by atoms with Gasteiger partial charge in [0.05, 0.1) is 12.4 Å². The maximum absolute atomic E-state index is 12.4. The summed E-state index contributed by atoms with van der Waals surface area (Å²) in [5, 5.41) is 8.69. The quantitative estimate of drug-likeness (QED) is 0.428. The number of hydrogen-bond donors (Lipinski definition) is 0. The number of hydrogen-bond acceptors (Lipinski definition) is 6. The lowest BCUT2D eigenvalue weighted by Crippen LogP contribution is -2.16. The van der Waals surface area contributed by atoms with Crippen LogP contribution in [0.15, 0.2) is 66.1 Å². The van der Waals surface area contributed by atoms with E-state index >= 15 is 0 Å². The molecule has 0 aliphatic carbocycles. The Balaban J connectivity index is 1.51. The van der Waals surface area contributed by atoms with Gasteiger partial charge in [0.1, 0.15) is 11.4 Å². The predicted octanol–water partition coefficient (Wildman–Crippen LogP) is 2.51. The Labute approximate surface area is 187 Å². The van der Waals surface area contributed by atoms with Crippen LogP contribution in [0.1, 0.15) is 23.2 Å². The van der Waals surface area contributed by atoms with E-state index in [2.05, 4.69) is 39.2 Å². The summed E-state index contributed by atoms with van der Waals surface area (Å²) in [7, 11) is 5.99. The number of aromatic nitrogens is 6. The van der Waals surface area contributed by atoms with Gasteiger partial charge in [0, 0.05) is 43.7 Å². The average Bonchev–Trinajstić information content (AvgIpc) is 3.22. The smallest absolute Gasteiger partial charge is 0.203 e. The van der Waals surface area contributed by atoms with Gasteiger partial charge in [-0.15, -0.1) is 0 Å². The molecule has 0 aliphatic heterocycles. The van der Waals surface area contributed by atoms with Gasteiger partial charge in [-0.3, -0.25) is 9.48 Å². The van der Waals surface area contributed by atoms with Crippen molar-refractivity contribution in [3.05, 3.63) is 88.4 Å². The van der Waals surface area contributed by atoms with Gasteiger partial charge >= 0.3 is 0 Å². The van der Waals surface area contributed by atoms with Crippen molar-refractivity contribution >= 4 is 0 Å². The van der Waals surface area contributed by atoms with Crippen LogP contribution in [0.4, 0.5) is 0 Å². The van der Waals surface area contributed by atoms with Gasteiger partial charge in [-0.05, 0) is 50.7 Å². The first-order chi connectivity index (χ1) is 15.5. The summed E-state index contributed by atoms with van der Waals surface area (Å²) in [6.45, 7) is 1.04. The van der Waals surface area contributed by atoms with E-state index in [9.17, 15) is 4.79 Å². The summed E-state index contributed by atoms with van der Waals surface area (Å²) in [4.78, 5) is 23.7. The Morgan fingerprint density at radius 2 is 1.84 bits per heavy atom. The normalized spacial score (nSPS) is 11.2. The molecule has 0 spiro atoms. The summed E-state index contributed by atoms with van der Waals surface area (Å²) in [5.74, 6) is 0.678. The van der Waals surface area contributed by atoms with Crippen molar-refractivity contribution in [3.63, 3.8) is 0 Å². The van der Waals surface area contributed by atoms with Crippen molar-refractivity contribution in [1.29, 1.82) is 0 Å². The summed E-state index contributed by atoms with van der Waals surface area (Å²) < 4.78 is 3.37. The second-order valence-electron chi connectivity index (χ2n) is 8.14. The second-order valence-corrected chi connectivity index (χ2v) is 8.14. The summed E-state index contributed by atoms with van der Waals surface area (Å²) in [6.07, 6.45) is 11.5. The lowest BCUT2D eigenvalue weighted by atomic mass is 10.1. The third kappa shape index (κ3) is 5.33. The topological polar surface area (TPSA) is 81.7 Å². The molecule has 164 valence electrons. The standard InChI is InChI=1S/C24H27N7O/c1-29(2)10-5-7-19-14-25-24(26-15-19)20-8-4-6-18(12-20)13-22-23(32)9-11-31(28-22)21-16-27-30(3)17-21/h4,6,8-9,11-12,14-17H,5,7,10,13H2,1-3H3. The molecule has 0 radical (unpaired) electrons. The maximum atomic E-state index is 12.4. The van der Waals surface area contributed by atoms with Crippen LogP contribution in [0.2, 0.25) is 0 Å². The predicted molar refractivity (Wildman–Crippen MR) is 124 cm³/mol. The van der Waals surface area contributed by atoms with E-state index < -0.39 is 0 Å². The van der Waals surface area contributed by atoms with Gasteiger partial charge in [0.2, 0.25) is 5.43 Å². The van der Waals surface area contributed by atoms with E-state index in [4.69, 9.17) is 0 Å². The highest BCUT2D eigenvalue weighted by molar-refractivity contribution is 5.56. The van der Waals surface area contributed by atoms with Crippen LogP contribution in [0.3, 0.4) is 0 Å². The van der Waals surface area contributed by atoms with E-state index in [0.29, 0.717) is 17.9 Å². The molecule has 32 heavy (non-hydrogen) atoms. The zero-order valence-electron chi connectivity index (χ0n) is 18.6. The van der Waals surface area contributed by atoms with Gasteiger partial charge in [-0.2, -0.15) is 10.2 Å². The molecular weight excluding hydrogens is 402 g/mol. The van der Waals surface area contributed by atoms with Gasteiger partial charge in [-0.25, -0.2) is 14.6 Å². The Morgan fingerprint density at radius 3 is 2.56 bits per heavy atom. The number of benzene rings is 1. The van der Waals surface area contributed by atoms with Crippen LogP contribution < -0.4 is 5.43 Å². The first-order valence-electron chi connectivity index (χ1n) is 10.6. The van der Waals surface area contributed by atoms with Crippen LogP contribution in [0.25, 0.3) is 17.1 Å². The molecule has 0 aliphatic rings. The van der Waals surface area contributed by atoms with Gasteiger partial charge in [0.25, 0.3) is 0 Å². The summed E-state index contributed by atoms with van der Waals surface area (Å²) in [6, 6.07) is 9.49. The average molecular weight is 430 g/mol. The first kappa shape index (κ1) is 21.6. The Bertz CT molecular complexity index is 1240. The summed E-state index contributed by atoms with van der Waals surface area (Å²) in [5.41, 5.74) is 4.23. The Hall–Kier alpha value is -3.65. The van der Waals surface area contributed by atoms with Crippen molar-refractivity contribution in [2.24, 2.45) is 7.05 Å². The molecule has 0 bridgehead atoms. The zero-order chi connectivity index (χ0) is 22.5. The fourth-order valence-corrected chi connectivity index (χ4v) is 3.49. The molecule has 0 saturated carbocycles. The molecule has 0 atom stereocenters. The monoisotopic (exact) mass is 429 g/mol. The third-order valence-electron chi connectivity index (χ3n) is 5.17. The second kappa shape index (κ2) is 9.65. The number of aryl methyl sites for hydroxylation is 2. The molecule has 8 heteroatoms. The Morgan fingerprint density at radius 1 is 1.03 bits per heavy atom. The molecule has 0 unspecified atom stereocenters. The lowest BCUT2D eigenvalue weighted by Gasteiger charge is -2.09.